The Bertz CT molecular complexity index is 598. The van der Waals surface area contributed by atoms with Crippen LogP contribution in [0, 0.1) is 0 Å². The van der Waals surface area contributed by atoms with Gasteiger partial charge in [0.15, 0.2) is 0 Å². The molecule has 1 saturated heterocycles. The zero-order chi connectivity index (χ0) is 18.6. The topological polar surface area (TPSA) is 95.7 Å². The van der Waals surface area contributed by atoms with Crippen molar-refractivity contribution in [3.8, 4) is 0 Å². The Hall–Kier alpha value is -1.92. The minimum absolute atomic E-state index is 0.179. The van der Waals surface area contributed by atoms with Gasteiger partial charge in [-0.1, -0.05) is 30.3 Å². The van der Waals surface area contributed by atoms with E-state index in [0.717, 1.165) is 12.0 Å². The molecule has 1 fully saturated rings. The van der Waals surface area contributed by atoms with E-state index in [2.05, 4.69) is 5.32 Å². The Balaban J connectivity index is 2.01. The first kappa shape index (κ1) is 19.4. The van der Waals surface area contributed by atoms with Crippen LogP contribution in [0.4, 0.5) is 0 Å². The quantitative estimate of drug-likeness (QED) is 0.735. The Kier molecular flexibility index (Phi) is 6.19. The lowest BCUT2D eigenvalue weighted by atomic mass is 10.0. The van der Waals surface area contributed by atoms with Crippen molar-refractivity contribution in [2.45, 2.75) is 63.8 Å². The number of amides is 2. The average molecular weight is 347 g/mol. The van der Waals surface area contributed by atoms with Crippen LogP contribution in [0.3, 0.4) is 0 Å². The Labute approximate surface area is 149 Å². The number of aliphatic hydroxyl groups excluding tert-OH is 1. The highest BCUT2D eigenvalue weighted by atomic mass is 16.3. The minimum Gasteiger partial charge on any atom is -0.382 e. The lowest BCUT2D eigenvalue weighted by Gasteiger charge is -2.30. The second-order valence-corrected chi connectivity index (χ2v) is 7.73. The van der Waals surface area contributed by atoms with Crippen molar-refractivity contribution in [1.82, 2.24) is 10.2 Å². The molecule has 1 aromatic rings. The van der Waals surface area contributed by atoms with Gasteiger partial charge in [0.05, 0.1) is 0 Å². The van der Waals surface area contributed by atoms with Gasteiger partial charge in [-0.15, -0.1) is 0 Å². The minimum atomic E-state index is -1.32. The van der Waals surface area contributed by atoms with Gasteiger partial charge in [0.1, 0.15) is 12.1 Å². The molecule has 0 radical (unpaired) electrons. The summed E-state index contributed by atoms with van der Waals surface area (Å²) >= 11 is 0. The van der Waals surface area contributed by atoms with Gasteiger partial charge in [-0.05, 0) is 45.6 Å². The monoisotopic (exact) mass is 347 g/mol. The van der Waals surface area contributed by atoms with E-state index in [4.69, 9.17) is 5.73 Å². The van der Waals surface area contributed by atoms with Crippen molar-refractivity contribution in [3.63, 3.8) is 0 Å². The molecule has 1 heterocycles. The molecule has 2 amide bonds. The zero-order valence-electron chi connectivity index (χ0n) is 15.2. The number of aliphatic hydroxyl groups is 1. The third kappa shape index (κ3) is 5.28. The van der Waals surface area contributed by atoms with Gasteiger partial charge < -0.3 is 21.1 Å². The van der Waals surface area contributed by atoms with Crippen LogP contribution in [0.15, 0.2) is 30.3 Å². The molecule has 1 aliphatic rings. The van der Waals surface area contributed by atoms with E-state index < -0.39 is 24.1 Å². The second kappa shape index (κ2) is 7.97. The fourth-order valence-corrected chi connectivity index (χ4v) is 3.11. The number of carbonyl (C=O) groups excluding carboxylic acids is 2. The van der Waals surface area contributed by atoms with Crippen molar-refractivity contribution in [1.29, 1.82) is 0 Å². The molecule has 138 valence electrons. The second-order valence-electron chi connectivity index (χ2n) is 7.73. The summed E-state index contributed by atoms with van der Waals surface area (Å²) in [5.41, 5.74) is 6.64. The first-order chi connectivity index (χ1) is 11.7. The number of rotatable bonds is 5. The number of hydrogen-bond acceptors (Lipinski definition) is 4. The third-order valence-electron chi connectivity index (χ3n) is 4.31. The van der Waals surface area contributed by atoms with Crippen molar-refractivity contribution in [3.05, 3.63) is 35.9 Å². The molecule has 6 heteroatoms. The summed E-state index contributed by atoms with van der Waals surface area (Å²) in [6.07, 6.45) is 0.437. The largest absolute Gasteiger partial charge is 0.382 e. The summed E-state index contributed by atoms with van der Waals surface area (Å²) in [5.74, 6) is -0.642. The van der Waals surface area contributed by atoms with E-state index >= 15 is 0 Å². The average Bonchev–Trinajstić information content (AvgIpc) is 3.02. The van der Waals surface area contributed by atoms with Gasteiger partial charge in [-0.2, -0.15) is 0 Å². The van der Waals surface area contributed by atoms with Crippen LogP contribution in [-0.4, -0.2) is 52.1 Å². The molecule has 0 bridgehead atoms. The van der Waals surface area contributed by atoms with Gasteiger partial charge in [-0.25, -0.2) is 0 Å². The lowest BCUT2D eigenvalue weighted by Crippen LogP contribution is -2.55. The van der Waals surface area contributed by atoms with E-state index in [1.165, 1.54) is 4.90 Å². The molecule has 0 spiro atoms. The number of hydrogen-bond donors (Lipinski definition) is 3. The normalized spacial score (nSPS) is 20.2. The number of nitrogens with zero attached hydrogens (tertiary/aromatic N) is 1. The van der Waals surface area contributed by atoms with Gasteiger partial charge >= 0.3 is 0 Å². The van der Waals surface area contributed by atoms with Crippen LogP contribution < -0.4 is 11.1 Å². The van der Waals surface area contributed by atoms with Crippen molar-refractivity contribution >= 4 is 11.8 Å². The van der Waals surface area contributed by atoms with E-state index in [1.807, 2.05) is 51.1 Å². The molecule has 0 saturated carbocycles. The third-order valence-corrected chi connectivity index (χ3v) is 4.31. The highest BCUT2D eigenvalue weighted by Crippen LogP contribution is 2.20. The number of benzene rings is 1. The van der Waals surface area contributed by atoms with Gasteiger partial charge in [-0.3, -0.25) is 9.59 Å². The highest BCUT2D eigenvalue weighted by Gasteiger charge is 2.39. The molecule has 3 atom stereocenters. The van der Waals surface area contributed by atoms with Crippen LogP contribution in [-0.2, 0) is 16.0 Å². The molecule has 6 nitrogen and oxygen atoms in total. The first-order valence-corrected chi connectivity index (χ1v) is 8.79. The van der Waals surface area contributed by atoms with E-state index in [1.54, 1.807) is 0 Å². The van der Waals surface area contributed by atoms with Crippen molar-refractivity contribution in [2.75, 3.05) is 6.54 Å². The first-order valence-electron chi connectivity index (χ1n) is 8.79. The summed E-state index contributed by atoms with van der Waals surface area (Å²) in [6.45, 7) is 6.17. The summed E-state index contributed by atoms with van der Waals surface area (Å²) in [6, 6.07) is 8.26. The van der Waals surface area contributed by atoms with Crippen LogP contribution in [0.2, 0.25) is 0 Å². The number of nitrogens with two attached hydrogens (primary N) is 1. The number of carbonyl (C=O) groups is 2. The predicted octanol–water partition coefficient (Wildman–Crippen LogP) is 0.823. The van der Waals surface area contributed by atoms with Gasteiger partial charge in [0.2, 0.25) is 5.91 Å². The molecule has 0 aliphatic carbocycles. The summed E-state index contributed by atoms with van der Waals surface area (Å²) in [4.78, 5) is 26.6. The smallest absolute Gasteiger partial charge is 0.253 e. The maximum atomic E-state index is 12.7. The fourth-order valence-electron chi connectivity index (χ4n) is 3.11. The molecule has 1 aliphatic heterocycles. The van der Waals surface area contributed by atoms with E-state index in [9.17, 15) is 14.7 Å². The fraction of sp³-hybridized carbons (Fsp3) is 0.579. The van der Waals surface area contributed by atoms with Crippen LogP contribution >= 0.6 is 0 Å². The molecular weight excluding hydrogens is 318 g/mol. The van der Waals surface area contributed by atoms with Gasteiger partial charge in [0.25, 0.3) is 5.91 Å². The van der Waals surface area contributed by atoms with Crippen LogP contribution in [0.5, 0.6) is 0 Å². The van der Waals surface area contributed by atoms with E-state index in [0.29, 0.717) is 19.4 Å². The van der Waals surface area contributed by atoms with E-state index in [-0.39, 0.29) is 11.4 Å². The Morgan fingerprint density at radius 2 is 1.96 bits per heavy atom. The summed E-state index contributed by atoms with van der Waals surface area (Å²) < 4.78 is 0. The predicted molar refractivity (Wildman–Crippen MR) is 96.8 cm³/mol. The van der Waals surface area contributed by atoms with Crippen LogP contribution in [0.25, 0.3) is 0 Å². The molecule has 25 heavy (non-hydrogen) atoms. The van der Waals surface area contributed by atoms with Crippen molar-refractivity contribution < 1.29 is 14.7 Å². The van der Waals surface area contributed by atoms with Crippen molar-refractivity contribution in [2.24, 2.45) is 5.73 Å². The molecule has 0 aromatic heterocycles. The number of likely N-dealkylation sites (tertiary alicyclic amines) is 1. The number of nitrogens with one attached hydrogen (secondary N) is 1. The van der Waals surface area contributed by atoms with Crippen LogP contribution in [0.1, 0.15) is 39.2 Å². The highest BCUT2D eigenvalue weighted by molar-refractivity contribution is 5.90. The summed E-state index contributed by atoms with van der Waals surface area (Å²) in [5, 5.41) is 13.3. The maximum absolute atomic E-state index is 12.7. The van der Waals surface area contributed by atoms with Gasteiger partial charge in [0, 0.05) is 18.1 Å². The zero-order valence-corrected chi connectivity index (χ0v) is 15.2. The summed E-state index contributed by atoms with van der Waals surface area (Å²) in [7, 11) is 0. The maximum Gasteiger partial charge on any atom is 0.253 e. The molecule has 4 N–H and O–H groups in total. The SMILES string of the molecule is CC(C)(C)NC(=O)[C@@H]1CCCN1C(=O)[C@H](O)[C@@H](N)Cc1ccccc1. The molecular formula is C19H29N3O3. The molecule has 0 unspecified atom stereocenters. The Morgan fingerprint density at radius 3 is 2.56 bits per heavy atom. The standard InChI is InChI=1S/C19H29N3O3/c1-19(2,3)21-17(24)15-10-7-11-22(15)18(25)16(23)14(20)12-13-8-5-4-6-9-13/h4-6,8-9,14-16,23H,7,10-12,20H2,1-3H3,(H,21,24)/t14-,15-,16+/m0/s1. The molecule has 2 rings (SSSR count). The lowest BCUT2D eigenvalue weighted by molar-refractivity contribution is -0.146. The molecule has 1 aromatic carbocycles. The Morgan fingerprint density at radius 1 is 1.32 bits per heavy atom.